The maximum atomic E-state index is 4.68. The van der Waals surface area contributed by atoms with Crippen LogP contribution < -0.4 is 5.32 Å². The molecule has 2 fully saturated rings. The van der Waals surface area contributed by atoms with Gasteiger partial charge in [0.05, 0.1) is 5.84 Å². The minimum absolute atomic E-state index is 0.755. The second-order valence-electron chi connectivity index (χ2n) is 6.53. The molecule has 0 bridgehead atoms. The van der Waals surface area contributed by atoms with E-state index in [4.69, 9.17) is 0 Å². The summed E-state index contributed by atoms with van der Waals surface area (Å²) in [5.41, 5.74) is 0. The van der Waals surface area contributed by atoms with Gasteiger partial charge in [0.1, 0.15) is 0 Å². The molecule has 2 atom stereocenters. The van der Waals surface area contributed by atoms with Gasteiger partial charge in [-0.25, -0.2) is 0 Å². The zero-order valence-electron chi connectivity index (χ0n) is 11.7. The molecule has 0 aromatic heterocycles. The third-order valence-electron chi connectivity index (χ3n) is 5.30. The second-order valence-corrected chi connectivity index (χ2v) is 6.53. The maximum absolute atomic E-state index is 4.68. The van der Waals surface area contributed by atoms with Gasteiger partial charge in [0.25, 0.3) is 0 Å². The summed E-state index contributed by atoms with van der Waals surface area (Å²) in [6.07, 6.45) is 15.6. The van der Waals surface area contributed by atoms with E-state index in [1.165, 1.54) is 76.5 Å². The number of nitrogens with one attached hydrogen (secondary N) is 1. The lowest BCUT2D eigenvalue weighted by Gasteiger charge is -2.33. The van der Waals surface area contributed by atoms with Crippen LogP contribution in [0.4, 0.5) is 0 Å². The van der Waals surface area contributed by atoms with Gasteiger partial charge in [-0.1, -0.05) is 38.5 Å². The molecule has 2 saturated carbocycles. The Kier molecular flexibility index (Phi) is 4.22. The molecule has 0 amide bonds. The number of hydrogen-bond acceptors (Lipinski definition) is 2. The number of rotatable bonds is 2. The quantitative estimate of drug-likeness (QED) is 0.787. The third-order valence-corrected chi connectivity index (χ3v) is 5.30. The summed E-state index contributed by atoms with van der Waals surface area (Å²) in [6, 6.07) is 0.755. The van der Waals surface area contributed by atoms with Gasteiger partial charge in [-0.2, -0.15) is 0 Å². The van der Waals surface area contributed by atoms with Gasteiger partial charge < -0.3 is 5.32 Å². The van der Waals surface area contributed by atoms with E-state index in [1.54, 1.807) is 0 Å². The Morgan fingerprint density at radius 2 is 1.72 bits per heavy atom. The Balaban J connectivity index is 1.58. The molecule has 102 valence electrons. The lowest BCUT2D eigenvalue weighted by molar-refractivity contribution is 0.226. The number of aliphatic imine (C=N–C) groups is 1. The normalized spacial score (nSPS) is 34.3. The predicted octanol–water partition coefficient (Wildman–Crippen LogP) is 3.91. The van der Waals surface area contributed by atoms with Gasteiger partial charge >= 0.3 is 0 Å². The summed E-state index contributed by atoms with van der Waals surface area (Å²) in [5, 5.41) is 3.82. The van der Waals surface area contributed by atoms with Gasteiger partial charge in [-0.15, -0.1) is 0 Å². The van der Waals surface area contributed by atoms with Crippen LogP contribution in [0.25, 0.3) is 0 Å². The fourth-order valence-electron chi connectivity index (χ4n) is 4.32. The highest BCUT2D eigenvalue weighted by molar-refractivity contribution is 5.82. The average molecular weight is 248 g/mol. The first-order valence-corrected chi connectivity index (χ1v) is 8.23. The van der Waals surface area contributed by atoms with E-state index < -0.39 is 0 Å². The van der Waals surface area contributed by atoms with E-state index in [-0.39, 0.29) is 0 Å². The molecular formula is C16H28N2. The van der Waals surface area contributed by atoms with E-state index in [9.17, 15) is 0 Å². The smallest absolute Gasteiger partial charge is 0.0965 e. The zero-order valence-corrected chi connectivity index (χ0v) is 11.7. The first kappa shape index (κ1) is 12.5. The highest BCUT2D eigenvalue weighted by atomic mass is 15.0. The Morgan fingerprint density at radius 3 is 2.50 bits per heavy atom. The Hall–Kier alpha value is -0.530. The highest BCUT2D eigenvalue weighted by Gasteiger charge is 2.34. The fourth-order valence-corrected chi connectivity index (χ4v) is 4.32. The van der Waals surface area contributed by atoms with Crippen molar-refractivity contribution >= 4 is 5.84 Å². The standard InChI is InChI=1S/C16H28N2/c1-2-7-13(8-3-1)14-9-6-10-15(14)18-16-11-4-5-12-17-16/h13-15H,1-12H2,(H,17,18)/t14-,15-/m0/s1. The summed E-state index contributed by atoms with van der Waals surface area (Å²) < 4.78 is 0. The summed E-state index contributed by atoms with van der Waals surface area (Å²) in [5.74, 6) is 3.30. The summed E-state index contributed by atoms with van der Waals surface area (Å²) >= 11 is 0. The van der Waals surface area contributed by atoms with Crippen molar-refractivity contribution in [2.24, 2.45) is 16.8 Å². The molecule has 2 nitrogen and oxygen atoms in total. The molecule has 1 N–H and O–H groups in total. The topological polar surface area (TPSA) is 24.4 Å². The van der Waals surface area contributed by atoms with Crippen molar-refractivity contribution in [3.8, 4) is 0 Å². The van der Waals surface area contributed by atoms with Crippen molar-refractivity contribution < 1.29 is 0 Å². The van der Waals surface area contributed by atoms with Crippen LogP contribution in [-0.2, 0) is 0 Å². The molecule has 0 saturated heterocycles. The van der Waals surface area contributed by atoms with Crippen molar-refractivity contribution in [2.75, 3.05) is 6.54 Å². The molecule has 2 heteroatoms. The third kappa shape index (κ3) is 2.89. The van der Waals surface area contributed by atoms with Gasteiger partial charge in [-0.05, 0) is 37.5 Å². The van der Waals surface area contributed by atoms with Gasteiger partial charge in [-0.3, -0.25) is 4.99 Å². The van der Waals surface area contributed by atoms with E-state index in [0.717, 1.165) is 24.4 Å². The lowest BCUT2D eigenvalue weighted by Crippen LogP contribution is -2.41. The SMILES string of the molecule is C1CCC([C@@H]2CCC[C@@H]2NC2=NCCCC2)CC1. The van der Waals surface area contributed by atoms with E-state index in [1.807, 2.05) is 0 Å². The molecule has 0 aromatic rings. The lowest BCUT2D eigenvalue weighted by atomic mass is 9.77. The average Bonchev–Trinajstić information content (AvgIpc) is 2.89. The van der Waals surface area contributed by atoms with Crippen molar-refractivity contribution in [3.63, 3.8) is 0 Å². The molecule has 3 aliphatic rings. The second kappa shape index (κ2) is 6.08. The largest absolute Gasteiger partial charge is 0.371 e. The Bertz CT molecular complexity index is 291. The molecule has 2 aliphatic carbocycles. The fraction of sp³-hybridized carbons (Fsp3) is 0.938. The molecule has 18 heavy (non-hydrogen) atoms. The Morgan fingerprint density at radius 1 is 0.833 bits per heavy atom. The van der Waals surface area contributed by atoms with E-state index >= 15 is 0 Å². The molecule has 0 aromatic carbocycles. The zero-order chi connectivity index (χ0) is 12.2. The van der Waals surface area contributed by atoms with Crippen LogP contribution in [0.2, 0.25) is 0 Å². The molecule has 3 rings (SSSR count). The van der Waals surface area contributed by atoms with Crippen molar-refractivity contribution in [1.82, 2.24) is 5.32 Å². The maximum Gasteiger partial charge on any atom is 0.0965 e. The first-order valence-electron chi connectivity index (χ1n) is 8.23. The number of hydrogen-bond donors (Lipinski definition) is 1. The van der Waals surface area contributed by atoms with Crippen LogP contribution in [0.1, 0.15) is 70.6 Å². The highest BCUT2D eigenvalue weighted by Crippen LogP contribution is 2.39. The van der Waals surface area contributed by atoms with Gasteiger partial charge in [0.15, 0.2) is 0 Å². The van der Waals surface area contributed by atoms with Crippen molar-refractivity contribution in [2.45, 2.75) is 76.7 Å². The van der Waals surface area contributed by atoms with Gasteiger partial charge in [0, 0.05) is 19.0 Å². The predicted molar refractivity (Wildman–Crippen MR) is 77.0 cm³/mol. The molecule has 0 unspecified atom stereocenters. The van der Waals surface area contributed by atoms with E-state index in [2.05, 4.69) is 10.3 Å². The van der Waals surface area contributed by atoms with Crippen molar-refractivity contribution in [3.05, 3.63) is 0 Å². The summed E-state index contributed by atoms with van der Waals surface area (Å²) in [4.78, 5) is 4.68. The minimum Gasteiger partial charge on any atom is -0.371 e. The molecule has 0 spiro atoms. The van der Waals surface area contributed by atoms with E-state index in [0.29, 0.717) is 0 Å². The molecule has 1 heterocycles. The van der Waals surface area contributed by atoms with Crippen LogP contribution in [0, 0.1) is 11.8 Å². The summed E-state index contributed by atoms with van der Waals surface area (Å²) in [7, 11) is 0. The van der Waals surface area contributed by atoms with Crippen LogP contribution in [0.3, 0.4) is 0 Å². The van der Waals surface area contributed by atoms with Gasteiger partial charge in [0.2, 0.25) is 0 Å². The monoisotopic (exact) mass is 248 g/mol. The Labute approximate surface area is 112 Å². The van der Waals surface area contributed by atoms with Crippen LogP contribution in [0.5, 0.6) is 0 Å². The number of amidine groups is 1. The van der Waals surface area contributed by atoms with Crippen LogP contribution >= 0.6 is 0 Å². The molecule has 0 radical (unpaired) electrons. The molecular weight excluding hydrogens is 220 g/mol. The number of nitrogens with zero attached hydrogens (tertiary/aromatic N) is 1. The van der Waals surface area contributed by atoms with Crippen molar-refractivity contribution in [1.29, 1.82) is 0 Å². The van der Waals surface area contributed by atoms with Crippen LogP contribution in [0.15, 0.2) is 4.99 Å². The first-order chi connectivity index (χ1) is 8.93. The van der Waals surface area contributed by atoms with Crippen LogP contribution in [-0.4, -0.2) is 18.4 Å². The summed E-state index contributed by atoms with van der Waals surface area (Å²) in [6.45, 7) is 1.06. The minimum atomic E-state index is 0.755. The molecule has 1 aliphatic heterocycles.